The van der Waals surface area contributed by atoms with Gasteiger partial charge in [-0.25, -0.2) is 4.98 Å². The second-order valence-corrected chi connectivity index (χ2v) is 7.39. The van der Waals surface area contributed by atoms with E-state index in [1.54, 1.807) is 19.4 Å². The van der Waals surface area contributed by atoms with Gasteiger partial charge in [-0.1, -0.05) is 23.7 Å². The van der Waals surface area contributed by atoms with E-state index in [2.05, 4.69) is 44.2 Å². The minimum Gasteiger partial charge on any atom is -0.497 e. The Kier molecular flexibility index (Phi) is 4.90. The number of halogens is 1. The van der Waals surface area contributed by atoms with Crippen molar-refractivity contribution in [2.75, 3.05) is 32.1 Å². The summed E-state index contributed by atoms with van der Waals surface area (Å²) in [6.45, 7) is 2.39. The summed E-state index contributed by atoms with van der Waals surface area (Å²) in [5, 5.41) is 8.91. The molecule has 8 heteroatoms. The maximum Gasteiger partial charge on any atom is 0.159 e. The molecule has 27 heavy (non-hydrogen) atoms. The van der Waals surface area contributed by atoms with Crippen molar-refractivity contribution in [2.45, 2.75) is 18.6 Å². The molecule has 0 saturated carbocycles. The van der Waals surface area contributed by atoms with Crippen molar-refractivity contribution < 1.29 is 4.74 Å². The lowest BCUT2D eigenvalue weighted by molar-refractivity contribution is 0.234. The molecule has 1 aliphatic heterocycles. The molecule has 0 bridgehead atoms. The summed E-state index contributed by atoms with van der Waals surface area (Å²) in [5.74, 6) is 1.74. The monoisotopic (exact) mass is 386 g/mol. The number of nitrogens with one attached hydrogen (secondary N) is 1. The number of H-pyrrole nitrogens is 1. The zero-order chi connectivity index (χ0) is 19.0. The van der Waals surface area contributed by atoms with Crippen LogP contribution >= 0.6 is 11.6 Å². The van der Waals surface area contributed by atoms with Crippen LogP contribution in [0.4, 0.5) is 5.82 Å². The number of methoxy groups -OCH3 is 1. The zero-order valence-electron chi connectivity index (χ0n) is 15.4. The molecule has 1 aliphatic rings. The van der Waals surface area contributed by atoms with Gasteiger partial charge >= 0.3 is 0 Å². The smallest absolute Gasteiger partial charge is 0.159 e. The average Bonchev–Trinajstić information content (AvgIpc) is 3.25. The molecule has 0 radical (unpaired) electrons. The van der Waals surface area contributed by atoms with Gasteiger partial charge in [0.2, 0.25) is 0 Å². The maximum absolute atomic E-state index is 6.47. The van der Waals surface area contributed by atoms with Crippen LogP contribution in [0.5, 0.6) is 5.75 Å². The summed E-state index contributed by atoms with van der Waals surface area (Å²) in [6, 6.07) is 10.2. The number of hydrogen-bond acceptors (Lipinski definition) is 6. The van der Waals surface area contributed by atoms with Crippen molar-refractivity contribution in [1.29, 1.82) is 0 Å². The first kappa shape index (κ1) is 18.0. The van der Waals surface area contributed by atoms with Gasteiger partial charge in [0.05, 0.1) is 18.0 Å². The summed E-state index contributed by atoms with van der Waals surface area (Å²) in [6.07, 6.45) is 1.76. The predicted molar refractivity (Wildman–Crippen MR) is 107 cm³/mol. The number of benzene rings is 1. The van der Waals surface area contributed by atoms with Crippen LogP contribution in [-0.4, -0.2) is 59.4 Å². The van der Waals surface area contributed by atoms with Gasteiger partial charge in [0.1, 0.15) is 10.9 Å². The summed E-state index contributed by atoms with van der Waals surface area (Å²) < 4.78 is 5.23. The molecule has 0 aliphatic carbocycles. The van der Waals surface area contributed by atoms with E-state index in [0.29, 0.717) is 5.15 Å². The number of fused-ring (bicyclic) bond motifs is 1. The molecule has 0 amide bonds. The number of ether oxygens (including phenoxy) is 1. The Hall–Kier alpha value is -2.35. The van der Waals surface area contributed by atoms with Crippen molar-refractivity contribution in [1.82, 2.24) is 20.1 Å². The standard InChI is InChI=1S/C19H23ClN6O/c1-25(9-12-3-5-13(27-2)6-4-12)17-11-26(10-15(17)21)19-14-8-22-18(20)7-16(14)23-24-19/h3-8,15,17H,9-11,21H2,1-2H3,(H,23,24). The number of nitrogens with zero attached hydrogens (tertiary/aromatic N) is 4. The second-order valence-electron chi connectivity index (χ2n) is 7.00. The molecule has 4 rings (SSSR count). The number of nitrogens with two attached hydrogens (primary N) is 1. The molecule has 1 saturated heterocycles. The third-order valence-corrected chi connectivity index (χ3v) is 5.39. The van der Waals surface area contributed by atoms with E-state index >= 15 is 0 Å². The van der Waals surface area contributed by atoms with Gasteiger partial charge in [-0.15, -0.1) is 0 Å². The lowest BCUT2D eigenvalue weighted by atomic mass is 10.1. The number of likely N-dealkylation sites (N-methyl/N-ethyl adjacent to an activating group) is 1. The molecule has 2 atom stereocenters. The van der Waals surface area contributed by atoms with Gasteiger partial charge in [0.15, 0.2) is 5.82 Å². The molecular weight excluding hydrogens is 364 g/mol. The predicted octanol–water partition coefficient (Wildman–Crippen LogP) is 2.27. The summed E-state index contributed by atoms with van der Waals surface area (Å²) in [7, 11) is 3.79. The van der Waals surface area contributed by atoms with Gasteiger partial charge in [-0.3, -0.25) is 10.00 Å². The Labute approximate surface area is 163 Å². The Bertz CT molecular complexity index is 928. The molecule has 3 aromatic rings. The SMILES string of the molecule is COc1ccc(CN(C)C2CN(c3n[nH]c4cc(Cl)ncc34)CC2N)cc1. The number of rotatable bonds is 5. The number of aromatic nitrogens is 3. The Balaban J connectivity index is 1.48. The molecule has 1 aromatic carbocycles. The van der Waals surface area contributed by atoms with Crippen LogP contribution < -0.4 is 15.4 Å². The van der Waals surface area contributed by atoms with E-state index in [-0.39, 0.29) is 12.1 Å². The Morgan fingerprint density at radius 2 is 2.11 bits per heavy atom. The van der Waals surface area contributed by atoms with Gasteiger partial charge in [0, 0.05) is 44.0 Å². The summed E-state index contributed by atoms with van der Waals surface area (Å²) >= 11 is 5.96. The van der Waals surface area contributed by atoms with Crippen LogP contribution in [0.15, 0.2) is 36.5 Å². The van der Waals surface area contributed by atoms with E-state index in [0.717, 1.165) is 42.1 Å². The number of aromatic amines is 1. The highest BCUT2D eigenvalue weighted by molar-refractivity contribution is 6.30. The first-order valence-corrected chi connectivity index (χ1v) is 9.26. The topological polar surface area (TPSA) is 83.3 Å². The van der Waals surface area contributed by atoms with E-state index in [1.165, 1.54) is 5.56 Å². The van der Waals surface area contributed by atoms with Crippen molar-refractivity contribution in [3.8, 4) is 5.75 Å². The lowest BCUT2D eigenvalue weighted by Gasteiger charge is -2.27. The average molecular weight is 387 g/mol. The molecule has 2 aromatic heterocycles. The fraction of sp³-hybridized carbons (Fsp3) is 0.368. The van der Waals surface area contributed by atoms with Crippen LogP contribution in [0, 0.1) is 0 Å². The van der Waals surface area contributed by atoms with Crippen molar-refractivity contribution in [2.24, 2.45) is 5.73 Å². The normalized spacial score (nSPS) is 20.0. The lowest BCUT2D eigenvalue weighted by Crippen LogP contribution is -2.44. The van der Waals surface area contributed by atoms with Crippen LogP contribution in [0.1, 0.15) is 5.56 Å². The van der Waals surface area contributed by atoms with Crippen molar-refractivity contribution >= 4 is 28.3 Å². The van der Waals surface area contributed by atoms with Crippen molar-refractivity contribution in [3.63, 3.8) is 0 Å². The number of hydrogen-bond donors (Lipinski definition) is 2. The van der Waals surface area contributed by atoms with Gasteiger partial charge < -0.3 is 15.4 Å². The van der Waals surface area contributed by atoms with E-state index in [4.69, 9.17) is 22.1 Å². The van der Waals surface area contributed by atoms with Crippen LogP contribution in [0.25, 0.3) is 10.9 Å². The van der Waals surface area contributed by atoms with Gasteiger partial charge in [-0.2, -0.15) is 5.10 Å². The largest absolute Gasteiger partial charge is 0.497 e. The second kappa shape index (κ2) is 7.34. The van der Waals surface area contributed by atoms with Crippen LogP contribution in [-0.2, 0) is 6.54 Å². The fourth-order valence-electron chi connectivity index (χ4n) is 3.70. The first-order valence-electron chi connectivity index (χ1n) is 8.88. The maximum atomic E-state index is 6.47. The Morgan fingerprint density at radius 1 is 1.33 bits per heavy atom. The molecule has 1 fully saturated rings. The summed E-state index contributed by atoms with van der Waals surface area (Å²) in [4.78, 5) is 8.70. The molecule has 0 spiro atoms. The zero-order valence-corrected chi connectivity index (χ0v) is 16.1. The van der Waals surface area contributed by atoms with Crippen LogP contribution in [0.2, 0.25) is 5.15 Å². The quantitative estimate of drug-likeness (QED) is 0.654. The highest BCUT2D eigenvalue weighted by atomic mass is 35.5. The summed E-state index contributed by atoms with van der Waals surface area (Å²) in [5.41, 5.74) is 8.58. The first-order chi connectivity index (χ1) is 13.0. The number of pyridine rings is 1. The molecular formula is C19H23ClN6O. The highest BCUT2D eigenvalue weighted by Gasteiger charge is 2.34. The Morgan fingerprint density at radius 3 is 2.85 bits per heavy atom. The molecule has 3 heterocycles. The molecule has 7 nitrogen and oxygen atoms in total. The van der Waals surface area contributed by atoms with Gasteiger partial charge in [-0.05, 0) is 24.7 Å². The number of anilines is 1. The van der Waals surface area contributed by atoms with Crippen LogP contribution in [0.3, 0.4) is 0 Å². The fourth-order valence-corrected chi connectivity index (χ4v) is 3.86. The molecule has 3 N–H and O–H groups in total. The van der Waals surface area contributed by atoms with E-state index < -0.39 is 0 Å². The molecule has 2 unspecified atom stereocenters. The minimum absolute atomic E-state index is 0.0419. The highest BCUT2D eigenvalue weighted by Crippen LogP contribution is 2.28. The van der Waals surface area contributed by atoms with Crippen molar-refractivity contribution in [3.05, 3.63) is 47.2 Å². The van der Waals surface area contributed by atoms with E-state index in [9.17, 15) is 0 Å². The third-order valence-electron chi connectivity index (χ3n) is 5.18. The molecule has 142 valence electrons. The third kappa shape index (κ3) is 3.58. The van der Waals surface area contributed by atoms with Gasteiger partial charge in [0.25, 0.3) is 0 Å². The van der Waals surface area contributed by atoms with E-state index in [1.807, 2.05) is 12.1 Å². The minimum atomic E-state index is 0.0419.